The summed E-state index contributed by atoms with van der Waals surface area (Å²) in [4.78, 5) is 18.6. The summed E-state index contributed by atoms with van der Waals surface area (Å²) in [5.41, 5.74) is 9.80. The van der Waals surface area contributed by atoms with Crippen molar-refractivity contribution in [1.29, 1.82) is 0 Å². The van der Waals surface area contributed by atoms with Gasteiger partial charge in [-0.2, -0.15) is 0 Å². The highest BCUT2D eigenvalue weighted by molar-refractivity contribution is 7.09. The highest BCUT2D eigenvalue weighted by Gasteiger charge is 2.44. The first kappa shape index (κ1) is 8.22. The minimum absolute atomic E-state index is 0.101. The summed E-state index contributed by atoms with van der Waals surface area (Å²) in [5, 5.41) is 3.07. The van der Waals surface area contributed by atoms with Crippen LogP contribution in [0.5, 0.6) is 0 Å². The number of carbonyl (C=O) groups excluding carboxylic acids is 1. The van der Waals surface area contributed by atoms with Crippen LogP contribution >= 0.6 is 11.3 Å². The predicted octanol–water partition coefficient (Wildman–Crippen LogP) is 2.08. The van der Waals surface area contributed by atoms with Crippen molar-refractivity contribution in [2.45, 2.75) is 12.3 Å². The third kappa shape index (κ3) is 1.54. The standard InChI is InChI=1S/C7H6N4OS/c8-11-10-7(12)5-1-4(5)6-2-9-3-13-6/h2-5H,1H2/t4-,5-/m1/s1. The third-order valence-corrected chi connectivity index (χ3v) is 2.98. The molecule has 1 fully saturated rings. The van der Waals surface area contributed by atoms with Gasteiger partial charge < -0.3 is 0 Å². The fourth-order valence-electron chi connectivity index (χ4n) is 1.31. The Labute approximate surface area is 78.0 Å². The van der Waals surface area contributed by atoms with Crippen LogP contribution in [0.15, 0.2) is 16.8 Å². The molecule has 5 nitrogen and oxygen atoms in total. The van der Waals surface area contributed by atoms with E-state index >= 15 is 0 Å². The SMILES string of the molecule is [N-]=[N+]=NC(=O)[C@@H]1C[C@H]1c1cncs1. The first-order valence-electron chi connectivity index (χ1n) is 3.80. The average Bonchev–Trinajstić information content (AvgIpc) is 2.74. The van der Waals surface area contributed by atoms with E-state index in [2.05, 4.69) is 15.0 Å². The Hall–Kier alpha value is -1.39. The van der Waals surface area contributed by atoms with Crippen molar-refractivity contribution in [3.05, 3.63) is 27.0 Å². The molecule has 1 heterocycles. The van der Waals surface area contributed by atoms with Gasteiger partial charge in [-0.25, -0.2) is 0 Å². The van der Waals surface area contributed by atoms with Crippen LogP contribution in [0, 0.1) is 5.92 Å². The molecule has 0 spiro atoms. The molecule has 0 aromatic carbocycles. The zero-order chi connectivity index (χ0) is 9.26. The summed E-state index contributed by atoms with van der Waals surface area (Å²) < 4.78 is 0. The lowest BCUT2D eigenvalue weighted by molar-refractivity contribution is -0.119. The summed E-state index contributed by atoms with van der Waals surface area (Å²) in [7, 11) is 0. The van der Waals surface area contributed by atoms with Gasteiger partial charge in [0.2, 0.25) is 5.91 Å². The van der Waals surface area contributed by atoms with Crippen LogP contribution in [0.2, 0.25) is 0 Å². The van der Waals surface area contributed by atoms with Crippen molar-refractivity contribution in [2.24, 2.45) is 11.0 Å². The molecule has 66 valence electrons. The van der Waals surface area contributed by atoms with Crippen LogP contribution in [0.1, 0.15) is 17.2 Å². The zero-order valence-corrected chi connectivity index (χ0v) is 7.44. The van der Waals surface area contributed by atoms with E-state index in [0.717, 1.165) is 11.3 Å². The Morgan fingerprint density at radius 2 is 2.69 bits per heavy atom. The van der Waals surface area contributed by atoms with Gasteiger partial charge in [0.15, 0.2) is 0 Å². The van der Waals surface area contributed by atoms with E-state index in [1.807, 2.05) is 0 Å². The van der Waals surface area contributed by atoms with Crippen LogP contribution < -0.4 is 0 Å². The summed E-state index contributed by atoms with van der Waals surface area (Å²) in [6, 6.07) is 0. The molecule has 1 amide bonds. The number of rotatable bonds is 2. The van der Waals surface area contributed by atoms with Gasteiger partial charge in [0.25, 0.3) is 0 Å². The molecular weight excluding hydrogens is 188 g/mol. The molecule has 6 heteroatoms. The maximum atomic E-state index is 11.1. The fourth-order valence-corrected chi connectivity index (χ4v) is 2.11. The van der Waals surface area contributed by atoms with E-state index in [9.17, 15) is 4.79 Å². The molecule has 1 aromatic heterocycles. The monoisotopic (exact) mass is 194 g/mol. The van der Waals surface area contributed by atoms with Crippen LogP contribution in [0.4, 0.5) is 0 Å². The maximum absolute atomic E-state index is 11.1. The average molecular weight is 194 g/mol. The molecular formula is C7H6N4OS. The molecule has 0 aliphatic heterocycles. The number of nitrogens with zero attached hydrogens (tertiary/aromatic N) is 4. The molecule has 0 saturated heterocycles. The number of hydrogen-bond donors (Lipinski definition) is 0. The second-order valence-corrected chi connectivity index (χ2v) is 3.80. The van der Waals surface area contributed by atoms with Gasteiger partial charge in [0, 0.05) is 27.8 Å². The van der Waals surface area contributed by atoms with Crippen molar-refractivity contribution in [3.8, 4) is 0 Å². The van der Waals surface area contributed by atoms with E-state index in [0.29, 0.717) is 0 Å². The lowest BCUT2D eigenvalue weighted by Crippen LogP contribution is -1.95. The number of aromatic nitrogens is 1. The Bertz CT molecular complexity index is 368. The smallest absolute Gasteiger partial charge is 0.222 e. The number of thiazole rings is 1. The van der Waals surface area contributed by atoms with Gasteiger partial charge in [-0.15, -0.1) is 11.3 Å². The zero-order valence-electron chi connectivity index (χ0n) is 6.62. The molecule has 0 N–H and O–H groups in total. The molecule has 1 aliphatic carbocycles. The van der Waals surface area contributed by atoms with Crippen LogP contribution in [-0.4, -0.2) is 10.9 Å². The second-order valence-electron chi connectivity index (χ2n) is 2.88. The molecule has 0 radical (unpaired) electrons. The fraction of sp³-hybridized carbons (Fsp3) is 0.429. The molecule has 2 atom stereocenters. The highest BCUT2D eigenvalue weighted by Crippen LogP contribution is 2.49. The first-order valence-corrected chi connectivity index (χ1v) is 4.68. The largest absolute Gasteiger partial charge is 0.292 e. The van der Waals surface area contributed by atoms with Gasteiger partial charge in [-0.3, -0.25) is 9.78 Å². The lowest BCUT2D eigenvalue weighted by Gasteiger charge is -1.88. The number of amides is 1. The minimum Gasteiger partial charge on any atom is -0.292 e. The van der Waals surface area contributed by atoms with Crippen molar-refractivity contribution >= 4 is 17.2 Å². The normalized spacial score (nSPS) is 24.9. The number of carbonyl (C=O) groups is 1. The molecule has 0 bridgehead atoms. The predicted molar refractivity (Wildman–Crippen MR) is 47.1 cm³/mol. The summed E-state index contributed by atoms with van der Waals surface area (Å²) >= 11 is 1.53. The molecule has 1 aromatic rings. The van der Waals surface area contributed by atoms with Crippen LogP contribution in [0.25, 0.3) is 10.4 Å². The molecule has 1 aliphatic rings. The van der Waals surface area contributed by atoms with Gasteiger partial charge >= 0.3 is 0 Å². The molecule has 0 unspecified atom stereocenters. The summed E-state index contributed by atoms with van der Waals surface area (Å²) in [6.45, 7) is 0. The van der Waals surface area contributed by atoms with Crippen LogP contribution in [-0.2, 0) is 4.79 Å². The van der Waals surface area contributed by atoms with E-state index in [4.69, 9.17) is 5.53 Å². The van der Waals surface area contributed by atoms with Gasteiger partial charge in [-0.1, -0.05) is 0 Å². The van der Waals surface area contributed by atoms with Crippen molar-refractivity contribution in [1.82, 2.24) is 4.98 Å². The van der Waals surface area contributed by atoms with Gasteiger partial charge in [0.05, 0.1) is 5.51 Å². The minimum atomic E-state index is -0.346. The quantitative estimate of drug-likeness (QED) is 0.410. The summed E-state index contributed by atoms with van der Waals surface area (Å²) in [5.74, 6) is -0.206. The van der Waals surface area contributed by atoms with Crippen molar-refractivity contribution < 1.29 is 4.79 Å². The van der Waals surface area contributed by atoms with Gasteiger partial charge in [-0.05, 0) is 17.1 Å². The summed E-state index contributed by atoms with van der Waals surface area (Å²) in [6.07, 6.45) is 2.55. The molecule has 13 heavy (non-hydrogen) atoms. The van der Waals surface area contributed by atoms with E-state index < -0.39 is 0 Å². The topological polar surface area (TPSA) is 78.7 Å². The van der Waals surface area contributed by atoms with E-state index in [1.54, 1.807) is 11.7 Å². The lowest BCUT2D eigenvalue weighted by atomic mass is 10.3. The Morgan fingerprint density at radius 1 is 1.85 bits per heavy atom. The molecule has 2 rings (SSSR count). The Balaban J connectivity index is 2.04. The van der Waals surface area contributed by atoms with Gasteiger partial charge in [0.1, 0.15) is 0 Å². The third-order valence-electron chi connectivity index (χ3n) is 2.07. The maximum Gasteiger partial charge on any atom is 0.222 e. The first-order chi connectivity index (χ1) is 6.33. The highest BCUT2D eigenvalue weighted by atomic mass is 32.1. The Morgan fingerprint density at radius 3 is 3.31 bits per heavy atom. The number of azide groups is 1. The van der Waals surface area contributed by atoms with Crippen molar-refractivity contribution in [3.63, 3.8) is 0 Å². The van der Waals surface area contributed by atoms with E-state index in [-0.39, 0.29) is 17.7 Å². The second kappa shape index (κ2) is 3.16. The number of hydrogen-bond acceptors (Lipinski definition) is 3. The molecule has 1 saturated carbocycles. The van der Waals surface area contributed by atoms with Crippen LogP contribution in [0.3, 0.4) is 0 Å². The van der Waals surface area contributed by atoms with E-state index in [1.165, 1.54) is 11.3 Å². The Kier molecular flexibility index (Phi) is 2.00. The van der Waals surface area contributed by atoms with Crippen molar-refractivity contribution in [2.75, 3.05) is 0 Å².